The number of carbonyl (C=O) groups is 2. The van der Waals surface area contributed by atoms with Crippen molar-refractivity contribution in [2.45, 2.75) is 40.7 Å². The van der Waals surface area contributed by atoms with E-state index in [1.54, 1.807) is 7.11 Å². The standard InChI is InChI=1S/C25H30N2O4/c1-15(2)31-12-11-27-24(28)22(19-9-7-16(3)13-18(19)5)23(25(27)29)26-20-14-17(4)8-10-21(20)30-6/h7-10,13-15,26H,11-12H2,1-6H3. The second-order valence-corrected chi connectivity index (χ2v) is 8.08. The number of aryl methyl sites for hydroxylation is 3. The second kappa shape index (κ2) is 9.35. The van der Waals surface area contributed by atoms with Gasteiger partial charge in [0.05, 0.1) is 37.6 Å². The largest absolute Gasteiger partial charge is 0.495 e. The number of nitrogens with one attached hydrogen (secondary N) is 1. The van der Waals surface area contributed by atoms with Crippen molar-refractivity contribution in [1.29, 1.82) is 0 Å². The number of ether oxygens (including phenoxy) is 2. The van der Waals surface area contributed by atoms with E-state index in [1.165, 1.54) is 4.90 Å². The zero-order valence-corrected chi connectivity index (χ0v) is 19.0. The van der Waals surface area contributed by atoms with Gasteiger partial charge in [-0.15, -0.1) is 0 Å². The number of methoxy groups -OCH3 is 1. The minimum atomic E-state index is -0.365. The van der Waals surface area contributed by atoms with Gasteiger partial charge in [0.1, 0.15) is 11.4 Å². The van der Waals surface area contributed by atoms with Crippen LogP contribution in [0.3, 0.4) is 0 Å². The van der Waals surface area contributed by atoms with E-state index in [0.29, 0.717) is 17.0 Å². The van der Waals surface area contributed by atoms with Crippen molar-refractivity contribution < 1.29 is 19.1 Å². The molecule has 2 aromatic rings. The van der Waals surface area contributed by atoms with Crippen LogP contribution in [0.4, 0.5) is 5.69 Å². The summed E-state index contributed by atoms with van der Waals surface area (Å²) in [4.78, 5) is 28.0. The first kappa shape index (κ1) is 22.6. The van der Waals surface area contributed by atoms with E-state index in [2.05, 4.69) is 5.32 Å². The Hall–Kier alpha value is -3.12. The zero-order valence-electron chi connectivity index (χ0n) is 19.0. The predicted molar refractivity (Wildman–Crippen MR) is 122 cm³/mol. The van der Waals surface area contributed by atoms with Crippen molar-refractivity contribution in [3.63, 3.8) is 0 Å². The molecular weight excluding hydrogens is 392 g/mol. The Kier molecular flexibility index (Phi) is 6.81. The van der Waals surface area contributed by atoms with Crippen molar-refractivity contribution in [2.24, 2.45) is 0 Å². The number of hydrogen-bond donors (Lipinski definition) is 1. The lowest BCUT2D eigenvalue weighted by Gasteiger charge is -2.17. The molecule has 3 rings (SSSR count). The first-order valence-electron chi connectivity index (χ1n) is 10.4. The lowest BCUT2D eigenvalue weighted by atomic mass is 9.97. The van der Waals surface area contributed by atoms with Gasteiger partial charge in [0.2, 0.25) is 0 Å². The second-order valence-electron chi connectivity index (χ2n) is 8.08. The minimum Gasteiger partial charge on any atom is -0.495 e. The van der Waals surface area contributed by atoms with E-state index in [9.17, 15) is 9.59 Å². The van der Waals surface area contributed by atoms with Crippen LogP contribution >= 0.6 is 0 Å². The molecule has 0 saturated carbocycles. The number of imide groups is 1. The lowest BCUT2D eigenvalue weighted by molar-refractivity contribution is -0.137. The number of carbonyl (C=O) groups excluding carboxylic acids is 2. The van der Waals surface area contributed by atoms with Crippen LogP contribution in [0.25, 0.3) is 5.57 Å². The van der Waals surface area contributed by atoms with Gasteiger partial charge in [-0.3, -0.25) is 14.5 Å². The first-order valence-corrected chi connectivity index (χ1v) is 10.4. The van der Waals surface area contributed by atoms with Gasteiger partial charge in [-0.25, -0.2) is 0 Å². The van der Waals surface area contributed by atoms with Gasteiger partial charge in [-0.2, -0.15) is 0 Å². The maximum absolute atomic E-state index is 13.4. The summed E-state index contributed by atoms with van der Waals surface area (Å²) < 4.78 is 11.0. The van der Waals surface area contributed by atoms with E-state index in [-0.39, 0.29) is 36.8 Å². The van der Waals surface area contributed by atoms with E-state index in [4.69, 9.17) is 9.47 Å². The molecule has 2 aromatic carbocycles. The molecule has 1 N–H and O–H groups in total. The number of anilines is 1. The molecule has 1 aliphatic heterocycles. The fourth-order valence-electron chi connectivity index (χ4n) is 3.67. The van der Waals surface area contributed by atoms with Crippen molar-refractivity contribution in [3.8, 4) is 5.75 Å². The van der Waals surface area contributed by atoms with Crippen molar-refractivity contribution in [2.75, 3.05) is 25.6 Å². The highest BCUT2D eigenvalue weighted by molar-refractivity contribution is 6.36. The summed E-state index contributed by atoms with van der Waals surface area (Å²) in [7, 11) is 1.58. The van der Waals surface area contributed by atoms with E-state index < -0.39 is 0 Å². The molecule has 2 amide bonds. The molecule has 6 nitrogen and oxygen atoms in total. The van der Waals surface area contributed by atoms with Crippen LogP contribution in [0.15, 0.2) is 42.1 Å². The molecule has 0 bridgehead atoms. The first-order chi connectivity index (χ1) is 14.7. The maximum atomic E-state index is 13.4. The van der Waals surface area contributed by atoms with Crippen LogP contribution in [0.1, 0.15) is 36.1 Å². The molecule has 0 spiro atoms. The fraction of sp³-hybridized carbons (Fsp3) is 0.360. The van der Waals surface area contributed by atoms with E-state index in [0.717, 1.165) is 22.3 Å². The topological polar surface area (TPSA) is 67.9 Å². The molecule has 1 aliphatic rings. The number of benzene rings is 2. The van der Waals surface area contributed by atoms with Gasteiger partial charge in [0, 0.05) is 0 Å². The third kappa shape index (κ3) is 4.80. The van der Waals surface area contributed by atoms with Crippen LogP contribution in [-0.2, 0) is 14.3 Å². The Bertz CT molecular complexity index is 1040. The molecule has 1 heterocycles. The Morgan fingerprint density at radius 1 is 0.968 bits per heavy atom. The van der Waals surface area contributed by atoms with Crippen LogP contribution in [0.2, 0.25) is 0 Å². The Balaban J connectivity index is 2.06. The Labute approximate surface area is 183 Å². The average Bonchev–Trinajstić information content (AvgIpc) is 2.92. The zero-order chi connectivity index (χ0) is 22.7. The number of hydrogen-bond acceptors (Lipinski definition) is 5. The smallest absolute Gasteiger partial charge is 0.278 e. The molecule has 6 heteroatoms. The maximum Gasteiger partial charge on any atom is 0.278 e. The molecule has 0 aliphatic carbocycles. The molecule has 0 atom stereocenters. The SMILES string of the molecule is COc1ccc(C)cc1NC1=C(c2ccc(C)cc2C)C(=O)N(CCOC(C)C)C1=O. The number of rotatable bonds is 8. The predicted octanol–water partition coefficient (Wildman–Crippen LogP) is 4.24. The normalized spacial score (nSPS) is 14.1. The fourth-order valence-corrected chi connectivity index (χ4v) is 3.67. The number of amides is 2. The highest BCUT2D eigenvalue weighted by atomic mass is 16.5. The molecular formula is C25H30N2O4. The van der Waals surface area contributed by atoms with Gasteiger partial charge in [-0.1, -0.05) is 29.8 Å². The van der Waals surface area contributed by atoms with Gasteiger partial charge < -0.3 is 14.8 Å². The summed E-state index contributed by atoms with van der Waals surface area (Å²) in [6.07, 6.45) is 0.0220. The summed E-state index contributed by atoms with van der Waals surface area (Å²) in [6, 6.07) is 11.5. The summed E-state index contributed by atoms with van der Waals surface area (Å²) in [6.45, 7) is 10.2. The molecule has 31 heavy (non-hydrogen) atoms. The van der Waals surface area contributed by atoms with Crippen molar-refractivity contribution in [3.05, 3.63) is 64.3 Å². The monoisotopic (exact) mass is 422 g/mol. The van der Waals surface area contributed by atoms with E-state index >= 15 is 0 Å². The third-order valence-electron chi connectivity index (χ3n) is 5.20. The van der Waals surface area contributed by atoms with Crippen LogP contribution in [-0.4, -0.2) is 43.1 Å². The molecule has 0 unspecified atom stereocenters. The molecule has 0 fully saturated rings. The van der Waals surface area contributed by atoms with Crippen LogP contribution in [0.5, 0.6) is 5.75 Å². The van der Waals surface area contributed by atoms with E-state index in [1.807, 2.05) is 71.0 Å². The average molecular weight is 423 g/mol. The Morgan fingerprint density at radius 2 is 1.65 bits per heavy atom. The highest BCUT2D eigenvalue weighted by Gasteiger charge is 2.39. The quantitative estimate of drug-likeness (QED) is 0.645. The molecule has 0 radical (unpaired) electrons. The minimum absolute atomic E-state index is 0.0220. The summed E-state index contributed by atoms with van der Waals surface area (Å²) >= 11 is 0. The van der Waals surface area contributed by atoms with Gasteiger partial charge in [-0.05, 0) is 63.4 Å². The summed E-state index contributed by atoms with van der Waals surface area (Å²) in [5.74, 6) is -0.0887. The lowest BCUT2D eigenvalue weighted by Crippen LogP contribution is -2.35. The van der Waals surface area contributed by atoms with Crippen LogP contribution in [0, 0.1) is 20.8 Å². The molecule has 0 saturated heterocycles. The highest BCUT2D eigenvalue weighted by Crippen LogP contribution is 2.35. The van der Waals surface area contributed by atoms with Crippen LogP contribution < -0.4 is 10.1 Å². The molecule has 0 aromatic heterocycles. The Morgan fingerprint density at radius 3 is 2.29 bits per heavy atom. The summed E-state index contributed by atoms with van der Waals surface area (Å²) in [5, 5.41) is 3.20. The van der Waals surface area contributed by atoms with Crippen molar-refractivity contribution >= 4 is 23.1 Å². The van der Waals surface area contributed by atoms with Gasteiger partial charge in [0.25, 0.3) is 11.8 Å². The number of nitrogens with zero attached hydrogens (tertiary/aromatic N) is 1. The molecule has 164 valence electrons. The summed E-state index contributed by atoms with van der Waals surface area (Å²) in [5.41, 5.74) is 5.05. The van der Waals surface area contributed by atoms with Gasteiger partial charge in [0.15, 0.2) is 0 Å². The third-order valence-corrected chi connectivity index (χ3v) is 5.20. The van der Waals surface area contributed by atoms with Crippen molar-refractivity contribution in [1.82, 2.24) is 4.90 Å². The van der Waals surface area contributed by atoms with Gasteiger partial charge >= 0.3 is 0 Å².